The molecule has 3 rings (SSSR count). The van der Waals surface area contributed by atoms with Gasteiger partial charge in [0.15, 0.2) is 5.11 Å². The minimum absolute atomic E-state index is 0.0846. The van der Waals surface area contributed by atoms with E-state index in [4.69, 9.17) is 21.4 Å². The topological polar surface area (TPSA) is 113 Å². The number of ether oxygens (including phenoxy) is 1. The van der Waals surface area contributed by atoms with Gasteiger partial charge in [-0.3, -0.25) is 30.6 Å². The Labute approximate surface area is 198 Å². The molecule has 1 aromatic heterocycles. The zero-order chi connectivity index (χ0) is 23.3. The van der Waals surface area contributed by atoms with Gasteiger partial charge in [0.25, 0.3) is 5.91 Å². The van der Waals surface area contributed by atoms with E-state index in [0.29, 0.717) is 28.1 Å². The van der Waals surface area contributed by atoms with E-state index in [0.717, 1.165) is 0 Å². The minimum Gasteiger partial charge on any atom is -0.490 e. The maximum Gasteiger partial charge on any atom is 0.261 e. The quantitative estimate of drug-likeness (QED) is 0.394. The molecule has 0 aliphatic carbocycles. The number of amides is 3. The SMILES string of the molecule is CC(C)Oc1ccc(Br)cc1C(=O)NC(=S)NNC(=O)C1CC(=O)N(Cc2ccco2)C1. The average molecular weight is 523 g/mol. The van der Waals surface area contributed by atoms with E-state index in [2.05, 4.69) is 32.1 Å². The summed E-state index contributed by atoms with van der Waals surface area (Å²) in [6.45, 7) is 4.29. The molecule has 2 aromatic rings. The van der Waals surface area contributed by atoms with Crippen LogP contribution in [0.3, 0.4) is 0 Å². The Balaban J connectivity index is 1.50. The molecular formula is C21H23BrN4O5S. The van der Waals surface area contributed by atoms with Crippen molar-refractivity contribution < 1.29 is 23.5 Å². The van der Waals surface area contributed by atoms with Crippen LogP contribution in [-0.4, -0.2) is 40.4 Å². The van der Waals surface area contributed by atoms with Crippen LogP contribution in [0.1, 0.15) is 36.4 Å². The molecule has 32 heavy (non-hydrogen) atoms. The van der Waals surface area contributed by atoms with Crippen molar-refractivity contribution in [3.05, 3.63) is 52.4 Å². The van der Waals surface area contributed by atoms with Crippen LogP contribution in [0.15, 0.2) is 45.5 Å². The zero-order valence-electron chi connectivity index (χ0n) is 17.5. The number of halogens is 1. The first-order valence-electron chi connectivity index (χ1n) is 9.90. The summed E-state index contributed by atoms with van der Waals surface area (Å²) >= 11 is 8.44. The number of carbonyl (C=O) groups excluding carboxylic acids is 3. The molecule has 11 heteroatoms. The standard InChI is InChI=1S/C21H23BrN4O5S/c1-12(2)31-17-6-5-14(22)9-16(17)20(29)23-21(32)25-24-19(28)13-8-18(27)26(10-13)11-15-4-3-7-30-15/h3-7,9,12-13H,8,10-11H2,1-2H3,(H,24,28)(H2,23,25,29,32). The largest absolute Gasteiger partial charge is 0.490 e. The molecule has 1 aromatic carbocycles. The van der Waals surface area contributed by atoms with Crippen LogP contribution >= 0.6 is 28.1 Å². The Morgan fingerprint density at radius 2 is 2.09 bits per heavy atom. The van der Waals surface area contributed by atoms with Gasteiger partial charge in [-0.05, 0) is 56.4 Å². The lowest BCUT2D eigenvalue weighted by Crippen LogP contribution is -2.50. The number of furan rings is 1. The number of hydrazine groups is 1. The summed E-state index contributed by atoms with van der Waals surface area (Å²) in [4.78, 5) is 38.8. The molecule has 0 bridgehead atoms. The molecule has 1 atom stereocenters. The van der Waals surface area contributed by atoms with Crippen molar-refractivity contribution in [2.75, 3.05) is 6.54 Å². The maximum absolute atomic E-state index is 12.6. The van der Waals surface area contributed by atoms with Crippen molar-refractivity contribution in [1.82, 2.24) is 21.1 Å². The van der Waals surface area contributed by atoms with Crippen LogP contribution < -0.4 is 20.9 Å². The van der Waals surface area contributed by atoms with Crippen molar-refractivity contribution in [1.29, 1.82) is 0 Å². The molecule has 1 aliphatic rings. The summed E-state index contributed by atoms with van der Waals surface area (Å²) in [7, 11) is 0. The third kappa shape index (κ3) is 6.30. The normalized spacial score (nSPS) is 15.6. The first-order valence-corrected chi connectivity index (χ1v) is 11.1. The molecule has 0 radical (unpaired) electrons. The number of hydrogen-bond acceptors (Lipinski definition) is 6. The Hall–Kier alpha value is -2.92. The Morgan fingerprint density at radius 3 is 2.78 bits per heavy atom. The molecular weight excluding hydrogens is 500 g/mol. The summed E-state index contributed by atoms with van der Waals surface area (Å²) in [6.07, 6.45) is 1.50. The summed E-state index contributed by atoms with van der Waals surface area (Å²) < 4.78 is 11.6. The van der Waals surface area contributed by atoms with E-state index < -0.39 is 17.7 Å². The molecule has 2 heterocycles. The molecule has 0 saturated carbocycles. The second-order valence-corrected chi connectivity index (χ2v) is 8.78. The predicted octanol–water partition coefficient (Wildman–Crippen LogP) is 2.51. The van der Waals surface area contributed by atoms with Crippen LogP contribution in [0.2, 0.25) is 0 Å². The Morgan fingerprint density at radius 1 is 1.31 bits per heavy atom. The van der Waals surface area contributed by atoms with E-state index in [1.165, 1.54) is 6.26 Å². The third-order valence-corrected chi connectivity index (χ3v) is 5.28. The molecule has 0 spiro atoms. The highest BCUT2D eigenvalue weighted by Gasteiger charge is 2.34. The summed E-state index contributed by atoms with van der Waals surface area (Å²) in [5.74, 6) is -0.509. The lowest BCUT2D eigenvalue weighted by molar-refractivity contribution is -0.129. The first-order chi connectivity index (χ1) is 15.2. The van der Waals surface area contributed by atoms with Crippen molar-refractivity contribution in [3.8, 4) is 5.75 Å². The van der Waals surface area contributed by atoms with E-state index in [1.54, 1.807) is 35.2 Å². The highest BCUT2D eigenvalue weighted by atomic mass is 79.9. The van der Waals surface area contributed by atoms with Crippen molar-refractivity contribution in [3.63, 3.8) is 0 Å². The van der Waals surface area contributed by atoms with Gasteiger partial charge in [-0.25, -0.2) is 0 Å². The second-order valence-electron chi connectivity index (χ2n) is 7.46. The predicted molar refractivity (Wildman–Crippen MR) is 123 cm³/mol. The molecule has 170 valence electrons. The summed E-state index contributed by atoms with van der Waals surface area (Å²) in [5.41, 5.74) is 5.25. The molecule has 3 N–H and O–H groups in total. The number of rotatable bonds is 6. The number of likely N-dealkylation sites (tertiary alicyclic amines) is 1. The Kier molecular flexibility index (Phi) is 7.86. The third-order valence-electron chi connectivity index (χ3n) is 4.59. The van der Waals surface area contributed by atoms with E-state index in [-0.39, 0.29) is 30.1 Å². The smallest absolute Gasteiger partial charge is 0.261 e. The maximum atomic E-state index is 12.6. The average Bonchev–Trinajstić information content (AvgIpc) is 3.37. The fourth-order valence-corrected chi connectivity index (χ4v) is 3.65. The van der Waals surface area contributed by atoms with Gasteiger partial charge in [0.2, 0.25) is 11.8 Å². The van der Waals surface area contributed by atoms with Gasteiger partial charge in [-0.2, -0.15) is 0 Å². The fraction of sp³-hybridized carbons (Fsp3) is 0.333. The molecule has 1 fully saturated rings. The lowest BCUT2D eigenvalue weighted by atomic mass is 10.1. The van der Waals surface area contributed by atoms with Gasteiger partial charge in [0.1, 0.15) is 11.5 Å². The van der Waals surface area contributed by atoms with Crippen molar-refractivity contribution >= 4 is 51.0 Å². The first kappa shape index (κ1) is 23.7. The van der Waals surface area contributed by atoms with E-state index in [9.17, 15) is 14.4 Å². The number of nitrogens with one attached hydrogen (secondary N) is 3. The lowest BCUT2D eigenvalue weighted by Gasteiger charge is -2.17. The monoisotopic (exact) mass is 522 g/mol. The fourth-order valence-electron chi connectivity index (χ4n) is 3.15. The van der Waals surface area contributed by atoms with Crippen LogP contribution in [0.5, 0.6) is 5.75 Å². The molecule has 1 unspecified atom stereocenters. The molecule has 1 aliphatic heterocycles. The van der Waals surface area contributed by atoms with Crippen LogP contribution in [-0.2, 0) is 16.1 Å². The number of carbonyl (C=O) groups is 3. The number of benzene rings is 1. The van der Waals surface area contributed by atoms with E-state index >= 15 is 0 Å². The molecule has 1 saturated heterocycles. The van der Waals surface area contributed by atoms with E-state index in [1.807, 2.05) is 13.8 Å². The highest BCUT2D eigenvalue weighted by Crippen LogP contribution is 2.24. The van der Waals surface area contributed by atoms with Gasteiger partial charge >= 0.3 is 0 Å². The molecule has 3 amide bonds. The Bertz CT molecular complexity index is 1010. The highest BCUT2D eigenvalue weighted by molar-refractivity contribution is 9.10. The second kappa shape index (κ2) is 10.6. The molecule has 9 nitrogen and oxygen atoms in total. The zero-order valence-corrected chi connectivity index (χ0v) is 19.9. The summed E-state index contributed by atoms with van der Waals surface area (Å²) in [5, 5.41) is 2.42. The number of nitrogens with zero attached hydrogens (tertiary/aromatic N) is 1. The minimum atomic E-state index is -0.542. The van der Waals surface area contributed by atoms with Gasteiger partial charge in [0.05, 0.1) is 30.4 Å². The van der Waals surface area contributed by atoms with Crippen LogP contribution in [0.4, 0.5) is 0 Å². The van der Waals surface area contributed by atoms with Gasteiger partial charge in [-0.15, -0.1) is 0 Å². The van der Waals surface area contributed by atoms with Crippen molar-refractivity contribution in [2.45, 2.75) is 32.9 Å². The van der Waals surface area contributed by atoms with Gasteiger partial charge in [-0.1, -0.05) is 15.9 Å². The van der Waals surface area contributed by atoms with Gasteiger partial charge < -0.3 is 14.1 Å². The van der Waals surface area contributed by atoms with Crippen molar-refractivity contribution in [2.24, 2.45) is 5.92 Å². The summed E-state index contributed by atoms with van der Waals surface area (Å²) in [6, 6.07) is 8.58. The van der Waals surface area contributed by atoms with Gasteiger partial charge in [0, 0.05) is 17.4 Å². The van der Waals surface area contributed by atoms with Crippen LogP contribution in [0, 0.1) is 5.92 Å². The number of thiocarbonyl (C=S) groups is 1. The number of hydrogen-bond donors (Lipinski definition) is 3. The van der Waals surface area contributed by atoms with Crippen LogP contribution in [0.25, 0.3) is 0 Å².